The summed E-state index contributed by atoms with van der Waals surface area (Å²) in [7, 11) is 1.76. The maximum atomic E-state index is 5.92. The maximum Gasteiger partial charge on any atom is 0.0503 e. The molecule has 3 heteroatoms. The molecule has 98 valence electrons. The molecule has 0 fully saturated rings. The highest BCUT2D eigenvalue weighted by Gasteiger charge is 2.25. The van der Waals surface area contributed by atoms with E-state index in [1.54, 1.807) is 7.11 Å². The van der Waals surface area contributed by atoms with E-state index in [1.165, 1.54) is 0 Å². The number of hydrogen-bond donors (Lipinski definition) is 1. The van der Waals surface area contributed by atoms with Gasteiger partial charge in [0.15, 0.2) is 0 Å². The lowest BCUT2D eigenvalue weighted by Crippen LogP contribution is -2.50. The Balaban J connectivity index is 4.56. The van der Waals surface area contributed by atoms with Crippen molar-refractivity contribution in [1.29, 1.82) is 0 Å². The Bertz CT molecular complexity index is 171. The lowest BCUT2D eigenvalue weighted by Gasteiger charge is -2.38. The van der Waals surface area contributed by atoms with E-state index in [4.69, 9.17) is 10.5 Å². The molecule has 0 spiro atoms. The zero-order valence-corrected chi connectivity index (χ0v) is 11.9. The number of nitrogens with zero attached hydrogens (tertiary/aromatic N) is 1. The van der Waals surface area contributed by atoms with Crippen LogP contribution in [0.1, 0.15) is 34.6 Å². The molecule has 2 unspecified atom stereocenters. The minimum atomic E-state index is 0.419. The van der Waals surface area contributed by atoms with Crippen LogP contribution in [-0.4, -0.2) is 43.8 Å². The van der Waals surface area contributed by atoms with Crippen LogP contribution in [0.15, 0.2) is 0 Å². The summed E-state index contributed by atoms with van der Waals surface area (Å²) in [6, 6.07) is 0.956. The molecule has 0 aromatic carbocycles. The Kier molecular flexibility index (Phi) is 7.98. The van der Waals surface area contributed by atoms with E-state index in [1.807, 2.05) is 0 Å². The average Bonchev–Trinajstić information content (AvgIpc) is 2.17. The first kappa shape index (κ1) is 15.9. The van der Waals surface area contributed by atoms with Crippen molar-refractivity contribution >= 4 is 0 Å². The second kappa shape index (κ2) is 8.04. The SMILES string of the molecule is COCC(C)C(CN)N(CC(C)C)C(C)C. The van der Waals surface area contributed by atoms with Crippen molar-refractivity contribution in [2.45, 2.75) is 46.7 Å². The molecule has 16 heavy (non-hydrogen) atoms. The van der Waals surface area contributed by atoms with Gasteiger partial charge in [0.25, 0.3) is 0 Å². The summed E-state index contributed by atoms with van der Waals surface area (Å²) >= 11 is 0. The fourth-order valence-corrected chi connectivity index (χ4v) is 2.22. The molecule has 0 bridgehead atoms. The lowest BCUT2D eigenvalue weighted by molar-refractivity contribution is 0.0594. The van der Waals surface area contributed by atoms with Gasteiger partial charge >= 0.3 is 0 Å². The summed E-state index contributed by atoms with van der Waals surface area (Å²) in [5.41, 5.74) is 5.92. The Morgan fingerprint density at radius 3 is 2.00 bits per heavy atom. The highest BCUT2D eigenvalue weighted by molar-refractivity contribution is 4.80. The largest absolute Gasteiger partial charge is 0.384 e. The standard InChI is InChI=1S/C13H30N2O/c1-10(2)8-15(11(3)4)13(7-14)12(5)9-16-6/h10-13H,7-9,14H2,1-6H3. The zero-order chi connectivity index (χ0) is 12.7. The molecule has 0 aliphatic heterocycles. The van der Waals surface area contributed by atoms with E-state index in [0.717, 1.165) is 13.2 Å². The van der Waals surface area contributed by atoms with E-state index in [0.29, 0.717) is 30.5 Å². The number of nitrogens with two attached hydrogens (primary N) is 1. The monoisotopic (exact) mass is 230 g/mol. The van der Waals surface area contributed by atoms with Gasteiger partial charge in [-0.3, -0.25) is 4.90 Å². The summed E-state index contributed by atoms with van der Waals surface area (Å²) in [5.74, 6) is 1.15. The van der Waals surface area contributed by atoms with Crippen LogP contribution in [0.3, 0.4) is 0 Å². The number of rotatable bonds is 8. The summed E-state index contributed by atoms with van der Waals surface area (Å²) in [4.78, 5) is 2.51. The van der Waals surface area contributed by atoms with Gasteiger partial charge in [0.05, 0.1) is 6.61 Å². The topological polar surface area (TPSA) is 38.5 Å². The Morgan fingerprint density at radius 2 is 1.69 bits per heavy atom. The Hall–Kier alpha value is -0.120. The van der Waals surface area contributed by atoms with Gasteiger partial charge in [0.1, 0.15) is 0 Å². The molecule has 0 aromatic heterocycles. The van der Waals surface area contributed by atoms with Crippen LogP contribution in [0.2, 0.25) is 0 Å². The fourth-order valence-electron chi connectivity index (χ4n) is 2.22. The van der Waals surface area contributed by atoms with Crippen molar-refractivity contribution < 1.29 is 4.74 Å². The number of methoxy groups -OCH3 is 1. The summed E-state index contributed by atoms with van der Waals surface area (Å²) in [6.45, 7) is 13.8. The van der Waals surface area contributed by atoms with Gasteiger partial charge in [0.2, 0.25) is 0 Å². The van der Waals surface area contributed by atoms with Crippen LogP contribution in [0, 0.1) is 11.8 Å². The van der Waals surface area contributed by atoms with Crippen molar-refractivity contribution in [3.63, 3.8) is 0 Å². The van der Waals surface area contributed by atoms with Crippen molar-refractivity contribution in [2.24, 2.45) is 17.6 Å². The third-order valence-electron chi connectivity index (χ3n) is 2.99. The molecule has 2 atom stereocenters. The summed E-state index contributed by atoms with van der Waals surface area (Å²) in [5, 5.41) is 0. The smallest absolute Gasteiger partial charge is 0.0503 e. The Labute approximate surface area is 101 Å². The van der Waals surface area contributed by atoms with Gasteiger partial charge in [-0.1, -0.05) is 20.8 Å². The van der Waals surface area contributed by atoms with Crippen LogP contribution in [0.25, 0.3) is 0 Å². The highest BCUT2D eigenvalue weighted by Crippen LogP contribution is 2.16. The van der Waals surface area contributed by atoms with Crippen molar-refractivity contribution in [3.05, 3.63) is 0 Å². The van der Waals surface area contributed by atoms with E-state index in [-0.39, 0.29) is 0 Å². The molecule has 2 N–H and O–H groups in total. The first-order valence-corrected chi connectivity index (χ1v) is 6.38. The van der Waals surface area contributed by atoms with Crippen molar-refractivity contribution in [2.75, 3.05) is 26.8 Å². The Morgan fingerprint density at radius 1 is 1.12 bits per heavy atom. The van der Waals surface area contributed by atoms with Gasteiger partial charge in [-0.2, -0.15) is 0 Å². The maximum absolute atomic E-state index is 5.92. The van der Waals surface area contributed by atoms with Crippen molar-refractivity contribution in [3.8, 4) is 0 Å². The molecular formula is C13H30N2O. The van der Waals surface area contributed by atoms with Crippen LogP contribution in [-0.2, 0) is 4.74 Å². The van der Waals surface area contributed by atoms with Crippen LogP contribution < -0.4 is 5.73 Å². The quantitative estimate of drug-likeness (QED) is 0.693. The summed E-state index contributed by atoms with van der Waals surface area (Å²) in [6.07, 6.45) is 0. The third kappa shape index (κ3) is 5.28. The van der Waals surface area contributed by atoms with E-state index in [9.17, 15) is 0 Å². The minimum absolute atomic E-state index is 0.419. The van der Waals surface area contributed by atoms with Gasteiger partial charge in [-0.15, -0.1) is 0 Å². The van der Waals surface area contributed by atoms with Crippen LogP contribution >= 0.6 is 0 Å². The highest BCUT2D eigenvalue weighted by atomic mass is 16.5. The third-order valence-corrected chi connectivity index (χ3v) is 2.99. The fraction of sp³-hybridized carbons (Fsp3) is 1.00. The first-order valence-electron chi connectivity index (χ1n) is 6.38. The van der Waals surface area contributed by atoms with Crippen LogP contribution in [0.5, 0.6) is 0 Å². The molecule has 0 radical (unpaired) electrons. The molecule has 0 aliphatic carbocycles. The molecule has 0 aliphatic rings. The molecule has 0 heterocycles. The zero-order valence-electron chi connectivity index (χ0n) is 11.9. The molecule has 0 rings (SSSR count). The molecule has 0 saturated heterocycles. The second-order valence-corrected chi connectivity index (χ2v) is 5.42. The molecule has 0 amide bonds. The normalized spacial score (nSPS) is 16.1. The molecule has 3 nitrogen and oxygen atoms in total. The molecular weight excluding hydrogens is 200 g/mol. The van der Waals surface area contributed by atoms with Gasteiger partial charge in [-0.05, 0) is 25.7 Å². The summed E-state index contributed by atoms with van der Waals surface area (Å²) < 4.78 is 5.24. The van der Waals surface area contributed by atoms with E-state index < -0.39 is 0 Å². The van der Waals surface area contributed by atoms with Crippen molar-refractivity contribution in [1.82, 2.24) is 4.90 Å². The van der Waals surface area contributed by atoms with Crippen LogP contribution in [0.4, 0.5) is 0 Å². The molecule has 0 aromatic rings. The predicted octanol–water partition coefficient (Wildman–Crippen LogP) is 1.96. The molecule has 0 saturated carbocycles. The van der Waals surface area contributed by atoms with E-state index in [2.05, 4.69) is 39.5 Å². The predicted molar refractivity (Wildman–Crippen MR) is 70.6 cm³/mol. The number of ether oxygens (including phenoxy) is 1. The number of hydrogen-bond acceptors (Lipinski definition) is 3. The lowest BCUT2D eigenvalue weighted by atomic mass is 9.98. The average molecular weight is 230 g/mol. The van der Waals surface area contributed by atoms with Gasteiger partial charge < -0.3 is 10.5 Å². The van der Waals surface area contributed by atoms with Gasteiger partial charge in [0, 0.05) is 32.3 Å². The van der Waals surface area contributed by atoms with E-state index >= 15 is 0 Å². The minimum Gasteiger partial charge on any atom is -0.384 e. The second-order valence-electron chi connectivity index (χ2n) is 5.42. The van der Waals surface area contributed by atoms with Gasteiger partial charge in [-0.25, -0.2) is 0 Å². The first-order chi connectivity index (χ1) is 7.43.